The summed E-state index contributed by atoms with van der Waals surface area (Å²) in [6.45, 7) is 3.43. The molecule has 1 fully saturated rings. The molecule has 0 spiro atoms. The Morgan fingerprint density at radius 2 is 1.77 bits per heavy atom. The number of nitrogens with zero attached hydrogens (tertiary/aromatic N) is 5. The molecule has 0 bridgehead atoms. The highest BCUT2D eigenvalue weighted by molar-refractivity contribution is 6.09. The fraction of sp³-hybridized carbons (Fsp3) is 0.304. The van der Waals surface area contributed by atoms with E-state index in [9.17, 15) is 14.9 Å². The van der Waals surface area contributed by atoms with Crippen LogP contribution in [0.1, 0.15) is 16.8 Å². The van der Waals surface area contributed by atoms with Crippen molar-refractivity contribution in [1.82, 2.24) is 9.47 Å². The largest absolute Gasteiger partial charge is 0.363 e. The first-order valence-corrected chi connectivity index (χ1v) is 10.3. The number of Topliss-reactive ketones (excluding diaryl/α,β-unsaturated/α-hetero) is 1. The van der Waals surface area contributed by atoms with E-state index in [0.717, 1.165) is 10.9 Å². The minimum atomic E-state index is -0.354. The third kappa shape index (κ3) is 4.27. The Morgan fingerprint density at radius 3 is 2.52 bits per heavy atom. The molecule has 0 unspecified atom stereocenters. The van der Waals surface area contributed by atoms with Crippen LogP contribution in [0, 0.1) is 21.4 Å². The van der Waals surface area contributed by atoms with Crippen molar-refractivity contribution >= 4 is 28.1 Å². The summed E-state index contributed by atoms with van der Waals surface area (Å²) in [4.78, 5) is 28.1. The second-order valence-electron chi connectivity index (χ2n) is 7.59. The second-order valence-corrected chi connectivity index (χ2v) is 7.59. The first kappa shape index (κ1) is 20.6. The Morgan fingerprint density at radius 1 is 1.06 bits per heavy atom. The highest BCUT2D eigenvalue weighted by Crippen LogP contribution is 2.28. The van der Waals surface area contributed by atoms with Gasteiger partial charge < -0.3 is 9.47 Å². The molecular weight excluding hydrogens is 394 g/mol. The van der Waals surface area contributed by atoms with Gasteiger partial charge in [0.05, 0.1) is 24.0 Å². The lowest BCUT2D eigenvalue weighted by atomic mass is 10.1. The van der Waals surface area contributed by atoms with Crippen molar-refractivity contribution in [1.29, 1.82) is 5.26 Å². The van der Waals surface area contributed by atoms with Crippen molar-refractivity contribution in [2.24, 2.45) is 0 Å². The number of carbonyl (C=O) groups is 1. The van der Waals surface area contributed by atoms with Gasteiger partial charge in [-0.15, -0.1) is 0 Å². The number of piperazine rings is 1. The van der Waals surface area contributed by atoms with E-state index in [1.54, 1.807) is 18.2 Å². The summed E-state index contributed by atoms with van der Waals surface area (Å²) in [5.41, 5.74) is 2.37. The number of hydrogen-bond donors (Lipinski definition) is 0. The van der Waals surface area contributed by atoms with E-state index in [1.165, 1.54) is 6.07 Å². The van der Waals surface area contributed by atoms with Gasteiger partial charge in [-0.2, -0.15) is 5.26 Å². The van der Waals surface area contributed by atoms with Gasteiger partial charge in [-0.3, -0.25) is 19.8 Å². The van der Waals surface area contributed by atoms with Crippen LogP contribution >= 0.6 is 0 Å². The Kier molecular flexibility index (Phi) is 5.96. The molecule has 3 aromatic rings. The number of benzene rings is 2. The maximum Gasteiger partial charge on any atom is 0.292 e. The first-order chi connectivity index (χ1) is 15.1. The third-order valence-electron chi connectivity index (χ3n) is 5.71. The zero-order valence-corrected chi connectivity index (χ0v) is 17.1. The predicted octanol–water partition coefficient (Wildman–Crippen LogP) is 3.47. The molecule has 4 rings (SSSR count). The Hall–Kier alpha value is -3.70. The van der Waals surface area contributed by atoms with Crippen molar-refractivity contribution in [3.8, 4) is 6.07 Å². The van der Waals surface area contributed by atoms with E-state index < -0.39 is 0 Å². The van der Waals surface area contributed by atoms with E-state index in [-0.39, 0.29) is 16.4 Å². The summed E-state index contributed by atoms with van der Waals surface area (Å²) in [7, 11) is 0. The van der Waals surface area contributed by atoms with Gasteiger partial charge in [-0.1, -0.05) is 30.3 Å². The third-order valence-corrected chi connectivity index (χ3v) is 5.71. The summed E-state index contributed by atoms with van der Waals surface area (Å²) < 4.78 is 1.97. The zero-order valence-electron chi connectivity index (χ0n) is 17.1. The fourth-order valence-electron chi connectivity index (χ4n) is 4.15. The van der Waals surface area contributed by atoms with Gasteiger partial charge in [-0.25, -0.2) is 0 Å². The van der Waals surface area contributed by atoms with Crippen LogP contribution in [0.3, 0.4) is 0 Å². The van der Waals surface area contributed by atoms with Crippen LogP contribution in [-0.4, -0.2) is 52.9 Å². The zero-order chi connectivity index (χ0) is 21.8. The lowest BCUT2D eigenvalue weighted by Crippen LogP contribution is -2.48. The molecule has 8 nitrogen and oxygen atoms in total. The van der Waals surface area contributed by atoms with Crippen LogP contribution in [-0.2, 0) is 6.54 Å². The second kappa shape index (κ2) is 8.98. The van der Waals surface area contributed by atoms with Gasteiger partial charge in [0.25, 0.3) is 5.69 Å². The van der Waals surface area contributed by atoms with Crippen LogP contribution < -0.4 is 4.90 Å². The molecular formula is C23H23N5O3. The van der Waals surface area contributed by atoms with Crippen molar-refractivity contribution in [2.45, 2.75) is 13.0 Å². The summed E-state index contributed by atoms with van der Waals surface area (Å²) >= 11 is 0. The molecule has 8 heteroatoms. The lowest BCUT2D eigenvalue weighted by Gasteiger charge is -2.35. The number of anilines is 1. The molecule has 158 valence electrons. The highest BCUT2D eigenvalue weighted by atomic mass is 16.6. The summed E-state index contributed by atoms with van der Waals surface area (Å²) in [6, 6.07) is 16.7. The number of fused-ring (bicyclic) bond motifs is 1. The number of hydrogen-bond acceptors (Lipinski definition) is 6. The molecule has 0 saturated carbocycles. The summed E-state index contributed by atoms with van der Waals surface area (Å²) in [6.07, 6.45) is 2.24. The fourth-order valence-corrected chi connectivity index (χ4v) is 4.15. The molecule has 0 aliphatic carbocycles. The molecule has 1 aliphatic heterocycles. The number of aromatic nitrogens is 1. The molecule has 0 radical (unpaired) electrons. The minimum Gasteiger partial charge on any atom is -0.363 e. The van der Waals surface area contributed by atoms with Gasteiger partial charge in [0.1, 0.15) is 5.69 Å². The Labute approximate surface area is 180 Å². The minimum absolute atomic E-state index is 0.0473. The van der Waals surface area contributed by atoms with Crippen molar-refractivity contribution in [2.75, 3.05) is 37.6 Å². The molecule has 1 aromatic heterocycles. The number of nitro groups is 1. The molecule has 0 N–H and O–H groups in total. The smallest absolute Gasteiger partial charge is 0.292 e. The van der Waals surface area contributed by atoms with E-state index >= 15 is 0 Å². The average molecular weight is 417 g/mol. The van der Waals surface area contributed by atoms with Crippen LogP contribution in [0.4, 0.5) is 11.4 Å². The molecule has 2 heterocycles. The SMILES string of the molecule is N#CCCn1cc(C(=O)CN2CCN(c3ccccc3[N+](=O)[O-])CC2)c2ccccc21. The standard InChI is InChI=1S/C23H23N5O3/c24-10-5-11-27-16-19(18-6-1-2-7-20(18)27)23(29)17-25-12-14-26(15-13-25)21-8-3-4-9-22(21)28(30)31/h1-4,6-9,16H,5,11-15,17H2. The molecule has 0 atom stereocenters. The molecule has 0 amide bonds. The molecule has 1 aliphatic rings. The topological polar surface area (TPSA) is 95.4 Å². The van der Waals surface area contributed by atoms with Gasteiger partial charge in [0.2, 0.25) is 0 Å². The first-order valence-electron chi connectivity index (χ1n) is 10.3. The molecule has 31 heavy (non-hydrogen) atoms. The van der Waals surface area contributed by atoms with Gasteiger partial charge in [0, 0.05) is 61.5 Å². The van der Waals surface area contributed by atoms with Crippen LogP contribution in [0.5, 0.6) is 0 Å². The molecule has 2 aromatic carbocycles. The maximum atomic E-state index is 13.1. The number of carbonyl (C=O) groups excluding carboxylic acids is 1. The highest BCUT2D eigenvalue weighted by Gasteiger charge is 2.25. The quantitative estimate of drug-likeness (QED) is 0.332. The number of nitriles is 1. The van der Waals surface area contributed by atoms with E-state index in [1.807, 2.05) is 39.9 Å². The van der Waals surface area contributed by atoms with Crippen molar-refractivity contribution < 1.29 is 9.72 Å². The van der Waals surface area contributed by atoms with Crippen LogP contribution in [0.25, 0.3) is 10.9 Å². The van der Waals surface area contributed by atoms with Crippen molar-refractivity contribution in [3.05, 3.63) is 70.4 Å². The summed E-state index contributed by atoms with van der Waals surface area (Å²) in [5, 5.41) is 21.1. The average Bonchev–Trinajstić information content (AvgIpc) is 3.17. The maximum absolute atomic E-state index is 13.1. The number of nitro benzene ring substituents is 1. The normalized spacial score (nSPS) is 14.5. The van der Waals surface area contributed by atoms with E-state index in [4.69, 9.17) is 5.26 Å². The van der Waals surface area contributed by atoms with Gasteiger partial charge in [0.15, 0.2) is 5.78 Å². The lowest BCUT2D eigenvalue weighted by molar-refractivity contribution is -0.384. The Balaban J connectivity index is 1.44. The van der Waals surface area contributed by atoms with Gasteiger partial charge in [-0.05, 0) is 12.1 Å². The van der Waals surface area contributed by atoms with Crippen molar-refractivity contribution in [3.63, 3.8) is 0 Å². The van der Waals surface area contributed by atoms with E-state index in [0.29, 0.717) is 56.9 Å². The van der Waals surface area contributed by atoms with E-state index in [2.05, 4.69) is 11.0 Å². The number of para-hydroxylation sites is 3. The predicted molar refractivity (Wildman–Crippen MR) is 118 cm³/mol. The van der Waals surface area contributed by atoms with Crippen LogP contribution in [0.2, 0.25) is 0 Å². The Bertz CT molecular complexity index is 1160. The monoisotopic (exact) mass is 417 g/mol. The van der Waals surface area contributed by atoms with Gasteiger partial charge >= 0.3 is 0 Å². The number of aryl methyl sites for hydroxylation is 1. The molecule has 1 saturated heterocycles. The van der Waals surface area contributed by atoms with Crippen LogP contribution in [0.15, 0.2) is 54.7 Å². The number of ketones is 1. The number of rotatable bonds is 7. The summed E-state index contributed by atoms with van der Waals surface area (Å²) in [5.74, 6) is 0.0473.